The van der Waals surface area contributed by atoms with Crippen molar-refractivity contribution in [3.63, 3.8) is 0 Å². The molecule has 0 radical (unpaired) electrons. The lowest BCUT2D eigenvalue weighted by molar-refractivity contribution is -0.146. The van der Waals surface area contributed by atoms with Crippen LogP contribution >= 0.6 is 11.3 Å². The second-order valence-electron chi connectivity index (χ2n) is 7.03. The molecular weight excluding hydrogens is 450 g/mol. The molecule has 0 spiro atoms. The SMILES string of the molecule is Cc1ccc(C)c(OCCOC(=O)COc2ccc(N(C)S(=O)(=O)c3cccs3)cc2)c1. The molecule has 9 heteroatoms. The van der Waals surface area contributed by atoms with Crippen molar-refractivity contribution in [3.8, 4) is 11.5 Å². The van der Waals surface area contributed by atoms with Crippen molar-refractivity contribution in [1.82, 2.24) is 0 Å². The lowest BCUT2D eigenvalue weighted by Crippen LogP contribution is -2.25. The summed E-state index contributed by atoms with van der Waals surface area (Å²) in [6.45, 7) is 4.04. The predicted octanol–water partition coefficient (Wildman–Crippen LogP) is 4.19. The summed E-state index contributed by atoms with van der Waals surface area (Å²) in [6.07, 6.45) is 0. The Kier molecular flexibility index (Phi) is 7.76. The van der Waals surface area contributed by atoms with Gasteiger partial charge in [0.1, 0.15) is 28.9 Å². The van der Waals surface area contributed by atoms with Crippen LogP contribution in [0.25, 0.3) is 0 Å². The number of rotatable bonds is 10. The van der Waals surface area contributed by atoms with Crippen LogP contribution in [0.5, 0.6) is 11.5 Å². The maximum atomic E-state index is 12.6. The number of thiophene rings is 1. The van der Waals surface area contributed by atoms with Crippen molar-refractivity contribution in [2.45, 2.75) is 18.1 Å². The highest BCUT2D eigenvalue weighted by atomic mass is 32.2. The number of nitrogens with zero attached hydrogens (tertiary/aromatic N) is 1. The molecule has 1 aromatic heterocycles. The van der Waals surface area contributed by atoms with Crippen molar-refractivity contribution in [1.29, 1.82) is 0 Å². The van der Waals surface area contributed by atoms with Crippen molar-refractivity contribution < 1.29 is 27.4 Å². The zero-order chi connectivity index (χ0) is 23.1. The van der Waals surface area contributed by atoms with Crippen LogP contribution < -0.4 is 13.8 Å². The second kappa shape index (κ2) is 10.5. The van der Waals surface area contributed by atoms with Crippen molar-refractivity contribution in [2.75, 3.05) is 31.2 Å². The highest BCUT2D eigenvalue weighted by molar-refractivity contribution is 7.94. The fourth-order valence-corrected chi connectivity index (χ4v) is 5.15. The number of benzene rings is 2. The van der Waals surface area contributed by atoms with Crippen molar-refractivity contribution >= 4 is 33.0 Å². The lowest BCUT2D eigenvalue weighted by atomic mass is 10.1. The summed E-state index contributed by atoms with van der Waals surface area (Å²) in [5, 5.41) is 1.71. The van der Waals surface area contributed by atoms with E-state index in [1.165, 1.54) is 11.4 Å². The number of hydrogen-bond donors (Lipinski definition) is 0. The van der Waals surface area contributed by atoms with Gasteiger partial charge in [-0.2, -0.15) is 0 Å². The van der Waals surface area contributed by atoms with Gasteiger partial charge in [0.15, 0.2) is 6.61 Å². The Balaban J connectivity index is 1.43. The van der Waals surface area contributed by atoms with Gasteiger partial charge in [-0.25, -0.2) is 13.2 Å². The van der Waals surface area contributed by atoms with Crippen LogP contribution in [0.4, 0.5) is 5.69 Å². The molecule has 32 heavy (non-hydrogen) atoms. The molecule has 0 aliphatic rings. The summed E-state index contributed by atoms with van der Waals surface area (Å²) in [6, 6.07) is 15.6. The third-order valence-electron chi connectivity index (χ3n) is 4.61. The Bertz CT molecular complexity index is 1140. The quantitative estimate of drug-likeness (QED) is 0.323. The number of anilines is 1. The van der Waals surface area contributed by atoms with Gasteiger partial charge in [0.25, 0.3) is 10.0 Å². The normalized spacial score (nSPS) is 11.1. The van der Waals surface area contributed by atoms with E-state index in [4.69, 9.17) is 14.2 Å². The van der Waals surface area contributed by atoms with E-state index in [2.05, 4.69) is 0 Å². The number of carbonyl (C=O) groups is 1. The summed E-state index contributed by atoms with van der Waals surface area (Å²) in [7, 11) is -2.11. The summed E-state index contributed by atoms with van der Waals surface area (Å²) >= 11 is 1.16. The van der Waals surface area contributed by atoms with E-state index in [0.29, 0.717) is 11.4 Å². The molecule has 3 aromatic rings. The molecule has 0 amide bonds. The Morgan fingerprint density at radius 3 is 2.44 bits per heavy atom. The number of esters is 1. The molecule has 7 nitrogen and oxygen atoms in total. The summed E-state index contributed by atoms with van der Waals surface area (Å²) in [4.78, 5) is 11.9. The molecule has 0 unspecified atom stereocenters. The molecule has 170 valence electrons. The van der Waals surface area contributed by atoms with E-state index in [0.717, 1.165) is 28.2 Å². The van der Waals surface area contributed by atoms with Crippen LogP contribution in [0.1, 0.15) is 11.1 Å². The number of hydrogen-bond acceptors (Lipinski definition) is 7. The van der Waals surface area contributed by atoms with Gasteiger partial charge in [-0.3, -0.25) is 4.31 Å². The van der Waals surface area contributed by atoms with Gasteiger partial charge >= 0.3 is 5.97 Å². The molecule has 1 heterocycles. The molecule has 0 aliphatic heterocycles. The second-order valence-corrected chi connectivity index (χ2v) is 10.2. The number of ether oxygens (including phenoxy) is 3. The van der Waals surface area contributed by atoms with Gasteiger partial charge in [-0.15, -0.1) is 11.3 Å². The molecule has 0 aliphatic carbocycles. The van der Waals surface area contributed by atoms with Gasteiger partial charge < -0.3 is 14.2 Å². The van der Waals surface area contributed by atoms with E-state index >= 15 is 0 Å². The molecule has 0 N–H and O–H groups in total. The predicted molar refractivity (Wildman–Crippen MR) is 124 cm³/mol. The Morgan fingerprint density at radius 1 is 1.00 bits per heavy atom. The van der Waals surface area contributed by atoms with Crippen LogP contribution in [0.3, 0.4) is 0 Å². The number of sulfonamides is 1. The Hall–Kier alpha value is -3.04. The average molecular weight is 476 g/mol. The molecule has 0 fully saturated rings. The van der Waals surface area contributed by atoms with Crippen LogP contribution in [0.15, 0.2) is 64.2 Å². The first kappa shape index (κ1) is 23.6. The van der Waals surface area contributed by atoms with E-state index in [-0.39, 0.29) is 24.0 Å². The Morgan fingerprint density at radius 2 is 1.75 bits per heavy atom. The first-order valence-electron chi connectivity index (χ1n) is 9.88. The van der Waals surface area contributed by atoms with Gasteiger partial charge in [-0.1, -0.05) is 18.2 Å². The van der Waals surface area contributed by atoms with Gasteiger partial charge in [-0.05, 0) is 66.8 Å². The van der Waals surface area contributed by atoms with Crippen LogP contribution in [-0.4, -0.2) is 41.3 Å². The van der Waals surface area contributed by atoms with Crippen LogP contribution in [0, 0.1) is 13.8 Å². The first-order chi connectivity index (χ1) is 15.3. The van der Waals surface area contributed by atoms with Crippen LogP contribution in [-0.2, 0) is 19.6 Å². The molecule has 0 atom stereocenters. The zero-order valence-corrected chi connectivity index (χ0v) is 19.7. The van der Waals surface area contributed by atoms with Crippen molar-refractivity contribution in [3.05, 3.63) is 71.1 Å². The highest BCUT2D eigenvalue weighted by Gasteiger charge is 2.22. The summed E-state index contributed by atoms with van der Waals surface area (Å²) < 4.78 is 42.8. The lowest BCUT2D eigenvalue weighted by Gasteiger charge is -2.18. The number of carbonyl (C=O) groups excluding carboxylic acids is 1. The van der Waals surface area contributed by atoms with E-state index in [9.17, 15) is 13.2 Å². The fourth-order valence-electron chi connectivity index (χ4n) is 2.79. The summed E-state index contributed by atoms with van der Waals surface area (Å²) in [5.41, 5.74) is 2.59. The molecule has 3 rings (SSSR count). The molecule has 0 saturated heterocycles. The van der Waals surface area contributed by atoms with Gasteiger partial charge in [0, 0.05) is 7.05 Å². The zero-order valence-electron chi connectivity index (χ0n) is 18.1. The smallest absolute Gasteiger partial charge is 0.344 e. The van der Waals surface area contributed by atoms with Gasteiger partial charge in [0.2, 0.25) is 0 Å². The maximum Gasteiger partial charge on any atom is 0.344 e. The molecular formula is C23H25NO6S2. The van der Waals surface area contributed by atoms with E-state index in [1.54, 1.807) is 41.8 Å². The molecule has 0 bridgehead atoms. The first-order valence-corrected chi connectivity index (χ1v) is 12.2. The monoisotopic (exact) mass is 475 g/mol. The average Bonchev–Trinajstić information content (AvgIpc) is 3.33. The maximum absolute atomic E-state index is 12.6. The topological polar surface area (TPSA) is 82.1 Å². The van der Waals surface area contributed by atoms with Crippen molar-refractivity contribution in [2.24, 2.45) is 0 Å². The molecule has 2 aromatic carbocycles. The minimum atomic E-state index is -3.60. The number of aryl methyl sites for hydroxylation is 2. The van der Waals surface area contributed by atoms with E-state index in [1.807, 2.05) is 32.0 Å². The fraction of sp³-hybridized carbons (Fsp3) is 0.261. The standard InChI is InChI=1S/C23H25NO6S2/c1-17-6-7-18(2)21(15-17)28-12-13-29-22(25)16-30-20-10-8-19(9-11-20)24(3)32(26,27)23-5-4-14-31-23/h4-11,14-15H,12-13,16H2,1-3H3. The third kappa shape index (κ3) is 6.02. The summed E-state index contributed by atoms with van der Waals surface area (Å²) in [5.74, 6) is 0.679. The minimum Gasteiger partial charge on any atom is -0.490 e. The minimum absolute atomic E-state index is 0.111. The Labute approximate surface area is 192 Å². The van der Waals surface area contributed by atoms with Gasteiger partial charge in [0.05, 0.1) is 5.69 Å². The highest BCUT2D eigenvalue weighted by Crippen LogP contribution is 2.26. The van der Waals surface area contributed by atoms with E-state index < -0.39 is 16.0 Å². The molecule has 0 saturated carbocycles. The largest absolute Gasteiger partial charge is 0.490 e. The van der Waals surface area contributed by atoms with Crippen LogP contribution in [0.2, 0.25) is 0 Å². The third-order valence-corrected chi connectivity index (χ3v) is 7.77.